The van der Waals surface area contributed by atoms with Gasteiger partial charge in [0.25, 0.3) is 5.91 Å². The zero-order valence-corrected chi connectivity index (χ0v) is 30.8. The van der Waals surface area contributed by atoms with Crippen LogP contribution in [0.3, 0.4) is 0 Å². The summed E-state index contributed by atoms with van der Waals surface area (Å²) in [5, 5.41) is 16.4. The third-order valence-electron chi connectivity index (χ3n) is 11.0. The van der Waals surface area contributed by atoms with Crippen molar-refractivity contribution in [2.24, 2.45) is 17.8 Å². The summed E-state index contributed by atoms with van der Waals surface area (Å²) in [7, 11) is -0.994. The maximum absolute atomic E-state index is 14.4. The van der Waals surface area contributed by atoms with Crippen LogP contribution in [0.2, 0.25) is 0 Å². The predicted octanol–water partition coefficient (Wildman–Crippen LogP) is 3.12. The van der Waals surface area contributed by atoms with Gasteiger partial charge in [-0.25, -0.2) is 13.2 Å². The minimum Gasteiger partial charge on any atom is -0.497 e. The molecule has 282 valence electrons. The van der Waals surface area contributed by atoms with Crippen LogP contribution in [-0.2, 0) is 24.4 Å². The van der Waals surface area contributed by atoms with Crippen LogP contribution in [0.25, 0.3) is 10.8 Å². The van der Waals surface area contributed by atoms with Gasteiger partial charge in [0, 0.05) is 23.8 Å². The molecule has 4 amide bonds. The number of hydrogen-bond donors (Lipinski definition) is 4. The molecule has 1 aromatic heterocycles. The Balaban J connectivity index is 1.35. The largest absolute Gasteiger partial charge is 0.497 e. The number of aromatic nitrogens is 1. The minimum atomic E-state index is -4.01. The third kappa shape index (κ3) is 7.34. The Bertz CT molecular complexity index is 1890. The molecule has 0 bridgehead atoms. The van der Waals surface area contributed by atoms with E-state index in [0.29, 0.717) is 42.2 Å². The standard InChI is InChI=1S/C36H47N5O10S/c1-20-8-6-7-9-23-18-36(23,33(44)40-52(47,48)35(3)12-13-35)39-30(42)27-17-25(19-41(27)32(43)29(21(2)14-20)38-34(45)46)51-31-26-11-10-24(49-4)15-22(26)16-28(37-31)50-5/h7,9-11,15-16,20-21,23,25,27,29,38H,6,8,12-14,17-19H2,1-5H3,(H,39,42)(H,40,44)(H,45,46)/t20-,21-,23-,25-,27+,29+,36-/m1/s1. The molecule has 2 saturated carbocycles. The van der Waals surface area contributed by atoms with E-state index >= 15 is 0 Å². The molecule has 3 fully saturated rings. The number of fused-ring (bicyclic) bond motifs is 3. The number of ether oxygens (including phenoxy) is 3. The first-order valence-corrected chi connectivity index (χ1v) is 19.1. The number of sulfonamides is 1. The van der Waals surface area contributed by atoms with E-state index < -0.39 is 74.1 Å². The van der Waals surface area contributed by atoms with Crippen LogP contribution in [0.4, 0.5) is 4.79 Å². The number of methoxy groups -OCH3 is 2. The number of carboxylic acid groups (broad SMARTS) is 1. The van der Waals surface area contributed by atoms with Gasteiger partial charge in [0.15, 0.2) is 0 Å². The zero-order valence-electron chi connectivity index (χ0n) is 30.0. The zero-order chi connectivity index (χ0) is 37.6. The van der Waals surface area contributed by atoms with E-state index in [1.807, 2.05) is 19.1 Å². The molecule has 0 unspecified atom stereocenters. The first kappa shape index (κ1) is 37.2. The summed E-state index contributed by atoms with van der Waals surface area (Å²) in [5.41, 5.74) is -1.55. The van der Waals surface area contributed by atoms with Gasteiger partial charge in [0.2, 0.25) is 33.6 Å². The molecule has 0 spiro atoms. The molecule has 1 saturated heterocycles. The van der Waals surface area contributed by atoms with Crippen molar-refractivity contribution in [3.05, 3.63) is 36.4 Å². The molecular formula is C36H47N5O10S. The fourth-order valence-electron chi connectivity index (χ4n) is 7.39. The van der Waals surface area contributed by atoms with Crippen LogP contribution in [0.1, 0.15) is 65.7 Å². The molecule has 6 rings (SSSR count). The quantitative estimate of drug-likeness (QED) is 0.290. The summed E-state index contributed by atoms with van der Waals surface area (Å²) in [6.45, 7) is 5.31. The number of nitrogens with one attached hydrogen (secondary N) is 3. The molecule has 2 aliphatic heterocycles. The first-order valence-electron chi connectivity index (χ1n) is 17.6. The summed E-state index contributed by atoms with van der Waals surface area (Å²) in [4.78, 5) is 60.3. The summed E-state index contributed by atoms with van der Waals surface area (Å²) in [6.07, 6.45) is 4.51. The number of benzene rings is 1. The van der Waals surface area contributed by atoms with Crippen molar-refractivity contribution in [3.63, 3.8) is 0 Å². The van der Waals surface area contributed by atoms with E-state index in [2.05, 4.69) is 20.3 Å². The van der Waals surface area contributed by atoms with E-state index in [1.54, 1.807) is 45.2 Å². The Hall–Kier alpha value is -4.60. The van der Waals surface area contributed by atoms with E-state index in [0.717, 1.165) is 6.42 Å². The number of carbonyl (C=O) groups excluding carboxylic acids is 3. The van der Waals surface area contributed by atoms with Gasteiger partial charge < -0.3 is 34.9 Å². The number of hydrogen-bond acceptors (Lipinski definition) is 10. The van der Waals surface area contributed by atoms with Crippen molar-refractivity contribution in [2.75, 3.05) is 20.8 Å². The molecule has 0 radical (unpaired) electrons. The number of nitrogens with zero attached hydrogens (tertiary/aromatic N) is 2. The van der Waals surface area contributed by atoms with Gasteiger partial charge in [-0.05, 0) is 80.9 Å². The highest BCUT2D eigenvalue weighted by Gasteiger charge is 2.63. The molecule has 7 atom stereocenters. The molecule has 2 aliphatic carbocycles. The van der Waals surface area contributed by atoms with E-state index in [4.69, 9.17) is 14.2 Å². The number of carbonyl (C=O) groups is 4. The summed E-state index contributed by atoms with van der Waals surface area (Å²) < 4.78 is 44.6. The molecular weight excluding hydrogens is 694 g/mol. The topological polar surface area (TPSA) is 203 Å². The van der Waals surface area contributed by atoms with Crippen molar-refractivity contribution in [1.29, 1.82) is 0 Å². The number of pyridine rings is 1. The Morgan fingerprint density at radius 1 is 1.10 bits per heavy atom. The van der Waals surface area contributed by atoms with Crippen LogP contribution >= 0.6 is 0 Å². The Morgan fingerprint density at radius 2 is 1.85 bits per heavy atom. The van der Waals surface area contributed by atoms with Gasteiger partial charge in [-0.1, -0.05) is 26.0 Å². The van der Waals surface area contributed by atoms with E-state index in [1.165, 1.54) is 12.0 Å². The Kier molecular flexibility index (Phi) is 10.1. The van der Waals surface area contributed by atoms with Crippen molar-refractivity contribution in [3.8, 4) is 17.5 Å². The molecule has 2 aromatic rings. The molecule has 1 aromatic carbocycles. The second-order valence-corrected chi connectivity index (χ2v) is 17.1. The van der Waals surface area contributed by atoms with E-state index in [-0.39, 0.29) is 37.1 Å². The highest BCUT2D eigenvalue weighted by atomic mass is 32.2. The number of rotatable bonds is 8. The van der Waals surface area contributed by atoms with Gasteiger partial charge in [-0.15, -0.1) is 0 Å². The van der Waals surface area contributed by atoms with Gasteiger partial charge in [-0.2, -0.15) is 4.98 Å². The highest BCUT2D eigenvalue weighted by molar-refractivity contribution is 7.91. The van der Waals surface area contributed by atoms with Crippen molar-refractivity contribution in [2.45, 2.75) is 94.2 Å². The first-order chi connectivity index (χ1) is 24.6. The van der Waals surface area contributed by atoms with Gasteiger partial charge in [0.1, 0.15) is 29.5 Å². The van der Waals surface area contributed by atoms with Crippen LogP contribution in [-0.4, -0.2) is 96.5 Å². The monoisotopic (exact) mass is 741 g/mol. The molecule has 52 heavy (non-hydrogen) atoms. The lowest BCUT2D eigenvalue weighted by Crippen LogP contribution is -2.59. The summed E-state index contributed by atoms with van der Waals surface area (Å²) >= 11 is 0. The minimum absolute atomic E-state index is 0.0206. The van der Waals surface area contributed by atoms with Gasteiger partial charge >= 0.3 is 6.09 Å². The average molecular weight is 742 g/mol. The maximum atomic E-state index is 14.4. The van der Waals surface area contributed by atoms with Crippen LogP contribution in [0.5, 0.6) is 17.5 Å². The molecule has 4 aliphatic rings. The molecule has 15 nitrogen and oxygen atoms in total. The summed E-state index contributed by atoms with van der Waals surface area (Å²) in [6, 6.07) is 4.68. The van der Waals surface area contributed by atoms with E-state index in [9.17, 15) is 32.7 Å². The molecule has 3 heterocycles. The normalized spacial score (nSPS) is 30.1. The predicted molar refractivity (Wildman–Crippen MR) is 189 cm³/mol. The number of allylic oxidation sites excluding steroid dienone is 1. The highest BCUT2D eigenvalue weighted by Crippen LogP contribution is 2.47. The Labute approximate surface area is 302 Å². The van der Waals surface area contributed by atoms with Crippen molar-refractivity contribution >= 4 is 44.6 Å². The lowest BCUT2D eigenvalue weighted by Gasteiger charge is -2.32. The van der Waals surface area contributed by atoms with Crippen LogP contribution in [0, 0.1) is 17.8 Å². The average Bonchev–Trinajstić information content (AvgIpc) is 3.98. The van der Waals surface area contributed by atoms with Gasteiger partial charge in [-0.3, -0.25) is 19.1 Å². The van der Waals surface area contributed by atoms with Gasteiger partial charge in [0.05, 0.1) is 25.5 Å². The second-order valence-electron chi connectivity index (χ2n) is 14.9. The summed E-state index contributed by atoms with van der Waals surface area (Å²) in [5.74, 6) is -1.83. The lowest BCUT2D eigenvalue weighted by atomic mass is 9.88. The van der Waals surface area contributed by atoms with Crippen molar-refractivity contribution < 1.29 is 46.9 Å². The second kappa shape index (κ2) is 14.1. The lowest BCUT2D eigenvalue weighted by molar-refractivity contribution is -0.142. The van der Waals surface area contributed by atoms with Crippen molar-refractivity contribution in [1.82, 2.24) is 25.2 Å². The molecule has 16 heteroatoms. The third-order valence-corrected chi connectivity index (χ3v) is 13.2. The fraction of sp³-hybridized carbons (Fsp3) is 0.583. The smallest absolute Gasteiger partial charge is 0.405 e. The fourth-order valence-corrected chi connectivity index (χ4v) is 8.70. The number of amides is 4. The van der Waals surface area contributed by atoms with Crippen LogP contribution in [0.15, 0.2) is 36.4 Å². The molecule has 4 N–H and O–H groups in total. The Morgan fingerprint density at radius 3 is 2.52 bits per heavy atom. The van der Waals surface area contributed by atoms with Crippen LogP contribution < -0.4 is 29.6 Å². The maximum Gasteiger partial charge on any atom is 0.405 e. The SMILES string of the molecule is COc1ccc2c(O[C@@H]3C[C@H]4C(=O)N[C@]5(C(=O)NS(=O)(=O)C6(C)CC6)C[C@H]5C=CCC[C@@H](C)C[C@@H](C)[C@H](NC(=O)O)C(=O)N4C3)nc(OC)cc2c1.